The van der Waals surface area contributed by atoms with E-state index >= 15 is 0 Å². The van der Waals surface area contributed by atoms with Crippen molar-refractivity contribution in [2.75, 3.05) is 0 Å². The number of benzene rings is 2. The highest BCUT2D eigenvalue weighted by molar-refractivity contribution is 9.10. The topological polar surface area (TPSA) is 60.9 Å². The van der Waals surface area contributed by atoms with Gasteiger partial charge >= 0.3 is 0 Å². The van der Waals surface area contributed by atoms with E-state index in [-0.39, 0.29) is 5.56 Å². The van der Waals surface area contributed by atoms with E-state index in [9.17, 15) is 4.79 Å². The first-order chi connectivity index (χ1) is 12.5. The van der Waals surface area contributed by atoms with Crippen LogP contribution in [-0.2, 0) is 6.54 Å². The van der Waals surface area contributed by atoms with Crippen molar-refractivity contribution in [1.29, 1.82) is 0 Å². The molecule has 4 aromatic rings. The minimum atomic E-state index is -0.104. The van der Waals surface area contributed by atoms with Crippen molar-refractivity contribution >= 4 is 26.8 Å². The van der Waals surface area contributed by atoms with E-state index in [2.05, 4.69) is 38.9 Å². The van der Waals surface area contributed by atoms with Crippen LogP contribution < -0.4 is 5.56 Å². The lowest BCUT2D eigenvalue weighted by Gasteiger charge is -2.05. The van der Waals surface area contributed by atoms with Crippen LogP contribution in [0.3, 0.4) is 0 Å². The first-order valence-electron chi connectivity index (χ1n) is 8.18. The lowest BCUT2D eigenvalue weighted by atomic mass is 10.1. The molecule has 0 unspecified atom stereocenters. The summed E-state index contributed by atoms with van der Waals surface area (Å²) < 4.78 is 8.02. The number of aryl methyl sites for hydroxylation is 2. The summed E-state index contributed by atoms with van der Waals surface area (Å²) in [4.78, 5) is 21.6. The molecule has 0 saturated heterocycles. The molecule has 0 spiro atoms. The predicted octanol–water partition coefficient (Wildman–Crippen LogP) is 4.48. The molecule has 0 N–H and O–H groups in total. The first-order valence-corrected chi connectivity index (χ1v) is 8.97. The first kappa shape index (κ1) is 16.7. The number of hydrogen-bond acceptors (Lipinski definition) is 4. The van der Waals surface area contributed by atoms with Crippen LogP contribution in [0.5, 0.6) is 0 Å². The van der Waals surface area contributed by atoms with Gasteiger partial charge in [0.25, 0.3) is 5.56 Å². The van der Waals surface area contributed by atoms with E-state index in [0.29, 0.717) is 29.0 Å². The molecule has 0 radical (unpaired) electrons. The average molecular weight is 410 g/mol. The van der Waals surface area contributed by atoms with Crippen LogP contribution in [0.4, 0.5) is 0 Å². The summed E-state index contributed by atoms with van der Waals surface area (Å²) in [5.74, 6) is 0.557. The Hall–Kier alpha value is -2.73. The Balaban J connectivity index is 1.68. The van der Waals surface area contributed by atoms with Crippen molar-refractivity contribution in [2.45, 2.75) is 20.4 Å². The lowest BCUT2D eigenvalue weighted by Crippen LogP contribution is -2.21. The van der Waals surface area contributed by atoms with Gasteiger partial charge in [-0.1, -0.05) is 33.6 Å². The molecule has 0 amide bonds. The van der Waals surface area contributed by atoms with Crippen LogP contribution in [0, 0.1) is 13.8 Å². The Kier molecular flexibility index (Phi) is 4.20. The standard InChI is InChI=1S/C20H16BrN3O2/c1-12-3-5-16(13(2)7-12)19-23-15(10-26-19)9-24-11-22-18-6-4-14(21)8-17(18)20(24)25/h3-8,10-11H,9H2,1-2H3. The van der Waals surface area contributed by atoms with E-state index < -0.39 is 0 Å². The second-order valence-electron chi connectivity index (χ2n) is 6.30. The smallest absolute Gasteiger partial charge is 0.261 e. The second-order valence-corrected chi connectivity index (χ2v) is 7.22. The Morgan fingerprint density at radius 2 is 2.00 bits per heavy atom. The van der Waals surface area contributed by atoms with Gasteiger partial charge in [0, 0.05) is 10.0 Å². The van der Waals surface area contributed by atoms with Gasteiger partial charge < -0.3 is 4.42 Å². The number of halogens is 1. The van der Waals surface area contributed by atoms with Crippen LogP contribution in [0.25, 0.3) is 22.4 Å². The Labute approximate surface area is 158 Å². The fourth-order valence-electron chi connectivity index (χ4n) is 2.98. The van der Waals surface area contributed by atoms with Gasteiger partial charge in [0.15, 0.2) is 0 Å². The van der Waals surface area contributed by atoms with E-state index in [4.69, 9.17) is 4.42 Å². The predicted molar refractivity (Wildman–Crippen MR) is 104 cm³/mol. The molecule has 0 aliphatic rings. The van der Waals surface area contributed by atoms with Crippen LogP contribution in [0.15, 0.2) is 62.7 Å². The molecular formula is C20H16BrN3O2. The van der Waals surface area contributed by atoms with Gasteiger partial charge in [-0.15, -0.1) is 0 Å². The SMILES string of the molecule is Cc1ccc(-c2nc(Cn3cnc4ccc(Br)cc4c3=O)co2)c(C)c1. The zero-order valence-electron chi connectivity index (χ0n) is 14.4. The number of fused-ring (bicyclic) bond motifs is 1. The second kappa shape index (κ2) is 6.53. The van der Waals surface area contributed by atoms with Gasteiger partial charge in [0.05, 0.1) is 29.5 Å². The largest absolute Gasteiger partial charge is 0.444 e. The molecule has 26 heavy (non-hydrogen) atoms. The molecule has 0 atom stereocenters. The summed E-state index contributed by atoms with van der Waals surface area (Å²) in [6.07, 6.45) is 3.14. The molecule has 2 aromatic carbocycles. The maximum absolute atomic E-state index is 12.7. The van der Waals surface area contributed by atoms with Crippen LogP contribution in [0.1, 0.15) is 16.8 Å². The number of oxazole rings is 1. The summed E-state index contributed by atoms with van der Waals surface area (Å²) in [6.45, 7) is 4.39. The van der Waals surface area contributed by atoms with Gasteiger partial charge in [-0.2, -0.15) is 0 Å². The Bertz CT molecular complexity index is 1180. The number of rotatable bonds is 3. The molecule has 0 fully saturated rings. The molecule has 2 heterocycles. The van der Waals surface area contributed by atoms with Gasteiger partial charge in [0.2, 0.25) is 5.89 Å². The number of nitrogens with zero attached hydrogens (tertiary/aromatic N) is 3. The zero-order chi connectivity index (χ0) is 18.3. The van der Waals surface area contributed by atoms with Crippen molar-refractivity contribution in [3.05, 3.63) is 80.6 Å². The lowest BCUT2D eigenvalue weighted by molar-refractivity contribution is 0.570. The maximum atomic E-state index is 12.7. The van der Waals surface area contributed by atoms with Gasteiger partial charge in [-0.25, -0.2) is 9.97 Å². The summed E-state index contributed by atoms with van der Waals surface area (Å²) in [5, 5.41) is 0.569. The van der Waals surface area contributed by atoms with Crippen molar-refractivity contribution in [1.82, 2.24) is 14.5 Å². The fourth-order valence-corrected chi connectivity index (χ4v) is 3.34. The molecule has 130 valence electrons. The third-order valence-electron chi connectivity index (χ3n) is 4.28. The fraction of sp³-hybridized carbons (Fsp3) is 0.150. The molecule has 2 aromatic heterocycles. The highest BCUT2D eigenvalue weighted by Crippen LogP contribution is 2.24. The third-order valence-corrected chi connectivity index (χ3v) is 4.78. The van der Waals surface area contributed by atoms with E-state index in [1.807, 2.05) is 31.2 Å². The van der Waals surface area contributed by atoms with Crippen molar-refractivity contribution < 1.29 is 4.42 Å². The number of hydrogen-bond donors (Lipinski definition) is 0. The van der Waals surface area contributed by atoms with Crippen LogP contribution in [0.2, 0.25) is 0 Å². The highest BCUT2D eigenvalue weighted by Gasteiger charge is 2.11. The summed E-state index contributed by atoms with van der Waals surface area (Å²) in [5.41, 5.74) is 4.50. The molecule has 0 bridgehead atoms. The molecule has 0 aliphatic heterocycles. The number of aromatic nitrogens is 3. The van der Waals surface area contributed by atoms with Crippen LogP contribution >= 0.6 is 15.9 Å². The van der Waals surface area contributed by atoms with E-state index in [1.54, 1.807) is 23.2 Å². The minimum absolute atomic E-state index is 0.104. The monoisotopic (exact) mass is 409 g/mol. The van der Waals surface area contributed by atoms with Gasteiger partial charge in [-0.05, 0) is 43.7 Å². The van der Waals surface area contributed by atoms with E-state index in [0.717, 1.165) is 15.6 Å². The van der Waals surface area contributed by atoms with Crippen LogP contribution in [-0.4, -0.2) is 14.5 Å². The molecule has 5 nitrogen and oxygen atoms in total. The highest BCUT2D eigenvalue weighted by atomic mass is 79.9. The van der Waals surface area contributed by atoms with Crippen molar-refractivity contribution in [3.8, 4) is 11.5 Å². The molecular weight excluding hydrogens is 394 g/mol. The molecule has 0 saturated carbocycles. The van der Waals surface area contributed by atoms with Gasteiger partial charge in [-0.3, -0.25) is 9.36 Å². The summed E-state index contributed by atoms with van der Waals surface area (Å²) in [6, 6.07) is 11.6. The summed E-state index contributed by atoms with van der Waals surface area (Å²) >= 11 is 3.40. The molecule has 4 rings (SSSR count). The van der Waals surface area contributed by atoms with E-state index in [1.165, 1.54) is 5.56 Å². The Morgan fingerprint density at radius 3 is 2.81 bits per heavy atom. The van der Waals surface area contributed by atoms with Crippen molar-refractivity contribution in [3.63, 3.8) is 0 Å². The van der Waals surface area contributed by atoms with Crippen molar-refractivity contribution in [2.24, 2.45) is 0 Å². The normalized spacial score (nSPS) is 11.2. The molecule has 6 heteroatoms. The average Bonchev–Trinajstić information content (AvgIpc) is 3.06. The Morgan fingerprint density at radius 1 is 1.15 bits per heavy atom. The maximum Gasteiger partial charge on any atom is 0.261 e. The zero-order valence-corrected chi connectivity index (χ0v) is 15.9. The third kappa shape index (κ3) is 3.08. The minimum Gasteiger partial charge on any atom is -0.444 e. The van der Waals surface area contributed by atoms with Gasteiger partial charge in [0.1, 0.15) is 6.26 Å². The molecule has 0 aliphatic carbocycles. The quantitative estimate of drug-likeness (QED) is 0.500. The summed E-state index contributed by atoms with van der Waals surface area (Å²) in [7, 11) is 0.